The molecule has 0 amide bonds. The minimum atomic E-state index is 0.0543. The van der Waals surface area contributed by atoms with Crippen molar-refractivity contribution in [1.82, 2.24) is 0 Å². The summed E-state index contributed by atoms with van der Waals surface area (Å²) in [6.45, 7) is 9.67. The topological polar surface area (TPSA) is 6.48 Å². The lowest BCUT2D eigenvalue weighted by atomic mass is 9.62. The maximum absolute atomic E-state index is 2.49. The van der Waals surface area contributed by atoms with Crippen molar-refractivity contribution < 1.29 is 0 Å². The fraction of sp³-hybridized carbons (Fsp3) is 0.154. The molecule has 0 fully saturated rings. The molecule has 0 aromatic heterocycles. The molecular weight excluding hydrogens is 653 g/mol. The summed E-state index contributed by atoms with van der Waals surface area (Å²) in [5, 5.41) is 4.97. The summed E-state index contributed by atoms with van der Waals surface area (Å²) >= 11 is 0. The molecule has 0 N–H and O–H groups in total. The highest BCUT2D eigenvalue weighted by atomic mass is 15.1. The molecule has 264 valence electrons. The van der Waals surface area contributed by atoms with Crippen LogP contribution in [0.4, 0.5) is 34.1 Å². The second-order valence-electron chi connectivity index (χ2n) is 16.1. The Bertz CT molecular complexity index is 2600. The van der Waals surface area contributed by atoms with E-state index < -0.39 is 0 Å². The van der Waals surface area contributed by atoms with Gasteiger partial charge in [0, 0.05) is 28.4 Å². The van der Waals surface area contributed by atoms with Crippen LogP contribution in [0.5, 0.6) is 0 Å². The molecule has 0 atom stereocenters. The summed E-state index contributed by atoms with van der Waals surface area (Å²) in [6.07, 6.45) is 2.35. The molecule has 0 bridgehead atoms. The summed E-state index contributed by atoms with van der Waals surface area (Å²) in [5.41, 5.74) is 12.5. The van der Waals surface area contributed by atoms with Crippen LogP contribution in [0.3, 0.4) is 0 Å². The Kier molecular flexibility index (Phi) is 8.35. The second-order valence-corrected chi connectivity index (χ2v) is 16.1. The normalized spacial score (nSPS) is 14.4. The van der Waals surface area contributed by atoms with Crippen molar-refractivity contribution >= 4 is 55.7 Å². The third kappa shape index (κ3) is 6.12. The highest BCUT2D eigenvalue weighted by Crippen LogP contribution is 2.52. The van der Waals surface area contributed by atoms with Gasteiger partial charge in [-0.3, -0.25) is 0 Å². The first-order valence-electron chi connectivity index (χ1n) is 19.2. The Hall–Kier alpha value is -6.12. The smallest absolute Gasteiger partial charge is 0.0502 e. The predicted octanol–water partition coefficient (Wildman–Crippen LogP) is 14.9. The van der Waals surface area contributed by atoms with Crippen molar-refractivity contribution in [2.45, 2.75) is 51.4 Å². The molecule has 9 rings (SSSR count). The van der Waals surface area contributed by atoms with E-state index in [2.05, 4.69) is 219 Å². The van der Waals surface area contributed by atoms with E-state index in [1.165, 1.54) is 61.6 Å². The molecule has 0 saturated heterocycles. The Morgan fingerprint density at radius 3 is 1.37 bits per heavy atom. The highest BCUT2D eigenvalue weighted by Gasteiger charge is 2.39. The van der Waals surface area contributed by atoms with Crippen molar-refractivity contribution in [3.8, 4) is 11.1 Å². The van der Waals surface area contributed by atoms with E-state index in [0.29, 0.717) is 0 Å². The molecule has 54 heavy (non-hydrogen) atoms. The molecule has 1 aliphatic carbocycles. The Labute approximate surface area is 320 Å². The summed E-state index contributed by atoms with van der Waals surface area (Å²) in [5.74, 6) is 0. The third-order valence-corrected chi connectivity index (χ3v) is 11.6. The van der Waals surface area contributed by atoms with E-state index in [4.69, 9.17) is 0 Å². The number of para-hydroxylation sites is 1. The number of hydrogen-bond donors (Lipinski definition) is 0. The lowest BCUT2D eigenvalue weighted by Crippen LogP contribution is -2.35. The Morgan fingerprint density at radius 2 is 0.796 bits per heavy atom. The van der Waals surface area contributed by atoms with E-state index >= 15 is 0 Å². The maximum Gasteiger partial charge on any atom is 0.0502 e. The standard InChI is InChI=1S/C52H46N2/c1-51(2)33-34-52(3,4)50-48(51)19-12-20-49(50)54(47-32-26-38-14-9-11-16-42(38)36-47)45-29-23-40(24-30-45)39-21-27-44(28-22-39)53(43-17-6-5-7-18-43)46-31-25-37-13-8-10-15-41(37)35-46/h5-32,35-36H,33-34H2,1-4H3. The SMILES string of the molecule is CC1(C)CCC(C)(C)c2c(N(c3ccc(-c4ccc(N(c5ccccc5)c5ccc6ccccc6c5)cc4)cc3)c3ccc4ccccc4c3)cccc21. The van der Waals surface area contributed by atoms with Gasteiger partial charge in [-0.25, -0.2) is 0 Å². The summed E-state index contributed by atoms with van der Waals surface area (Å²) in [4.78, 5) is 4.83. The van der Waals surface area contributed by atoms with Gasteiger partial charge in [0.05, 0.1) is 5.69 Å². The van der Waals surface area contributed by atoms with Crippen LogP contribution in [0.2, 0.25) is 0 Å². The molecule has 8 aromatic carbocycles. The molecule has 1 aliphatic rings. The van der Waals surface area contributed by atoms with Crippen LogP contribution < -0.4 is 9.80 Å². The lowest BCUT2D eigenvalue weighted by molar-refractivity contribution is 0.332. The van der Waals surface area contributed by atoms with E-state index in [0.717, 1.165) is 29.2 Å². The fourth-order valence-corrected chi connectivity index (χ4v) is 8.58. The zero-order valence-corrected chi connectivity index (χ0v) is 31.6. The number of fused-ring (bicyclic) bond motifs is 3. The zero-order chi connectivity index (χ0) is 36.9. The first-order chi connectivity index (χ1) is 26.2. The largest absolute Gasteiger partial charge is 0.310 e. The summed E-state index contributed by atoms with van der Waals surface area (Å²) in [7, 11) is 0. The minimum Gasteiger partial charge on any atom is -0.310 e. The molecule has 0 saturated carbocycles. The Morgan fingerprint density at radius 1 is 0.352 bits per heavy atom. The van der Waals surface area contributed by atoms with Crippen molar-refractivity contribution in [1.29, 1.82) is 0 Å². The van der Waals surface area contributed by atoms with Crippen LogP contribution in [0.1, 0.15) is 51.7 Å². The van der Waals surface area contributed by atoms with Crippen LogP contribution >= 0.6 is 0 Å². The molecule has 0 radical (unpaired) electrons. The first-order valence-corrected chi connectivity index (χ1v) is 19.2. The van der Waals surface area contributed by atoms with E-state index in [9.17, 15) is 0 Å². The van der Waals surface area contributed by atoms with Gasteiger partial charge in [0.2, 0.25) is 0 Å². The van der Waals surface area contributed by atoms with Gasteiger partial charge in [0.1, 0.15) is 0 Å². The first kappa shape index (κ1) is 33.7. The van der Waals surface area contributed by atoms with Crippen LogP contribution in [0.15, 0.2) is 182 Å². The van der Waals surface area contributed by atoms with Crippen LogP contribution in [0.25, 0.3) is 32.7 Å². The van der Waals surface area contributed by atoms with Crippen molar-refractivity contribution in [2.24, 2.45) is 0 Å². The van der Waals surface area contributed by atoms with Gasteiger partial charge < -0.3 is 9.80 Å². The zero-order valence-electron chi connectivity index (χ0n) is 31.6. The van der Waals surface area contributed by atoms with Crippen LogP contribution in [0, 0.1) is 0 Å². The predicted molar refractivity (Wildman–Crippen MR) is 232 cm³/mol. The molecular formula is C52H46N2. The average molecular weight is 699 g/mol. The van der Waals surface area contributed by atoms with E-state index in [-0.39, 0.29) is 10.8 Å². The molecule has 2 nitrogen and oxygen atoms in total. The van der Waals surface area contributed by atoms with Crippen LogP contribution in [-0.4, -0.2) is 0 Å². The van der Waals surface area contributed by atoms with E-state index in [1.54, 1.807) is 0 Å². The van der Waals surface area contributed by atoms with Gasteiger partial charge in [0.15, 0.2) is 0 Å². The number of nitrogens with zero attached hydrogens (tertiary/aromatic N) is 2. The van der Waals surface area contributed by atoms with Crippen molar-refractivity contribution in [3.05, 3.63) is 193 Å². The van der Waals surface area contributed by atoms with Gasteiger partial charge in [0.25, 0.3) is 0 Å². The van der Waals surface area contributed by atoms with Gasteiger partial charge in [-0.15, -0.1) is 0 Å². The minimum absolute atomic E-state index is 0.0543. The number of benzene rings is 8. The quantitative estimate of drug-likeness (QED) is 0.163. The van der Waals surface area contributed by atoms with E-state index in [1.807, 2.05) is 0 Å². The third-order valence-electron chi connectivity index (χ3n) is 11.6. The van der Waals surface area contributed by atoms with Gasteiger partial charge in [-0.2, -0.15) is 0 Å². The maximum atomic E-state index is 2.49. The monoisotopic (exact) mass is 698 g/mol. The van der Waals surface area contributed by atoms with Crippen molar-refractivity contribution in [3.63, 3.8) is 0 Å². The molecule has 0 unspecified atom stereocenters. The average Bonchev–Trinajstić information content (AvgIpc) is 3.21. The summed E-state index contributed by atoms with van der Waals surface area (Å²) < 4.78 is 0. The summed E-state index contributed by atoms with van der Waals surface area (Å²) in [6, 6.07) is 66.5. The number of rotatable bonds is 7. The number of hydrogen-bond acceptors (Lipinski definition) is 2. The molecule has 0 spiro atoms. The number of anilines is 6. The van der Waals surface area contributed by atoms with Crippen LogP contribution in [-0.2, 0) is 10.8 Å². The second kappa shape index (κ2) is 13.4. The molecule has 0 heterocycles. The Balaban J connectivity index is 1.11. The fourth-order valence-electron chi connectivity index (χ4n) is 8.58. The highest BCUT2D eigenvalue weighted by molar-refractivity contribution is 5.91. The van der Waals surface area contributed by atoms with Gasteiger partial charge in [-0.05, 0) is 134 Å². The molecule has 8 aromatic rings. The van der Waals surface area contributed by atoms with Crippen molar-refractivity contribution in [2.75, 3.05) is 9.80 Å². The molecule has 0 aliphatic heterocycles. The molecule has 2 heteroatoms. The lowest BCUT2D eigenvalue weighted by Gasteiger charge is -2.44. The van der Waals surface area contributed by atoms with Gasteiger partial charge in [-0.1, -0.05) is 143 Å². The van der Waals surface area contributed by atoms with Gasteiger partial charge >= 0.3 is 0 Å².